The molecule has 2 saturated heterocycles. The fourth-order valence-electron chi connectivity index (χ4n) is 7.77. The van der Waals surface area contributed by atoms with Crippen molar-refractivity contribution >= 4 is 33.8 Å². The van der Waals surface area contributed by atoms with Gasteiger partial charge in [0.1, 0.15) is 11.3 Å². The van der Waals surface area contributed by atoms with Gasteiger partial charge in [-0.3, -0.25) is 4.79 Å². The molecule has 2 fully saturated rings. The molecule has 0 bridgehead atoms. The fraction of sp³-hybridized carbons (Fsp3) is 0.750. The van der Waals surface area contributed by atoms with Gasteiger partial charge in [-0.25, -0.2) is 9.59 Å². The Bertz CT molecular complexity index is 1280. The molecule has 2 aliphatic rings. The Kier molecular flexibility index (Phi) is 13.5. The van der Waals surface area contributed by atoms with Crippen molar-refractivity contribution in [3.63, 3.8) is 0 Å². The topological polar surface area (TPSA) is 149 Å². The second-order valence-electron chi connectivity index (χ2n) is 13.9. The number of ketones is 1. The first-order chi connectivity index (χ1) is 22.0. The number of carboxylic acids is 1. The van der Waals surface area contributed by atoms with Gasteiger partial charge >= 0.3 is 12.1 Å². The molecule has 11 heteroatoms. The predicted molar refractivity (Wildman–Crippen MR) is 181 cm³/mol. The van der Waals surface area contributed by atoms with E-state index in [1.165, 1.54) is 0 Å². The van der Waals surface area contributed by atoms with Gasteiger partial charge in [-0.05, 0) is 94.2 Å². The minimum absolute atomic E-state index is 0.0506. The number of Topliss-reactive ketones (excluding diaryl/α,β-unsaturated/α-hetero) is 1. The van der Waals surface area contributed by atoms with Crippen molar-refractivity contribution in [2.45, 2.75) is 142 Å². The van der Waals surface area contributed by atoms with Gasteiger partial charge in [-0.1, -0.05) is 57.5 Å². The van der Waals surface area contributed by atoms with Crippen LogP contribution >= 0.6 is 15.9 Å². The number of rotatable bonds is 14. The monoisotopic (exact) mass is 726 g/mol. The number of aliphatic hydroxyl groups excluding tert-OH is 1. The van der Waals surface area contributed by atoms with Crippen molar-refractivity contribution in [1.29, 1.82) is 0 Å². The van der Waals surface area contributed by atoms with Crippen LogP contribution in [0.15, 0.2) is 10.5 Å². The summed E-state index contributed by atoms with van der Waals surface area (Å²) in [7, 11) is 1.14. The first kappa shape index (κ1) is 39.4. The Morgan fingerprint density at radius 1 is 1.15 bits per heavy atom. The second kappa shape index (κ2) is 16.1. The van der Waals surface area contributed by atoms with E-state index in [1.807, 2.05) is 27.7 Å². The summed E-state index contributed by atoms with van der Waals surface area (Å²) in [6.07, 6.45) is 1.85. The van der Waals surface area contributed by atoms with E-state index in [1.54, 1.807) is 19.9 Å². The molecular formula is C36H55BrO10. The number of carboxylic acid groups (broad SMARTS) is 1. The zero-order chi connectivity index (χ0) is 35.4. The number of aliphatic hydroxyl groups is 2. The summed E-state index contributed by atoms with van der Waals surface area (Å²) < 4.78 is 23.6. The molecule has 2 heterocycles. The Balaban J connectivity index is 1.74. The van der Waals surface area contributed by atoms with Gasteiger partial charge in [-0.2, -0.15) is 0 Å². The summed E-state index contributed by atoms with van der Waals surface area (Å²) in [6, 6.07) is 1.68. The van der Waals surface area contributed by atoms with Gasteiger partial charge in [-0.15, -0.1) is 0 Å². The van der Waals surface area contributed by atoms with Crippen LogP contribution in [0, 0.1) is 30.6 Å². The molecule has 0 aromatic heterocycles. The highest BCUT2D eigenvalue weighted by Gasteiger charge is 2.55. The Morgan fingerprint density at radius 2 is 1.81 bits per heavy atom. The molecule has 3 N–H and O–H groups in total. The van der Waals surface area contributed by atoms with Crippen LogP contribution < -0.4 is 4.74 Å². The lowest BCUT2D eigenvalue weighted by atomic mass is 9.76. The summed E-state index contributed by atoms with van der Waals surface area (Å²) in [4.78, 5) is 38.2. The van der Waals surface area contributed by atoms with Crippen LogP contribution in [0.1, 0.15) is 115 Å². The number of ether oxygens (including phenoxy) is 4. The molecular weight excluding hydrogens is 672 g/mol. The van der Waals surface area contributed by atoms with Crippen LogP contribution in [0.3, 0.4) is 0 Å². The lowest BCUT2D eigenvalue weighted by molar-refractivity contribution is -0.229. The normalized spacial score (nSPS) is 30.3. The summed E-state index contributed by atoms with van der Waals surface area (Å²) in [6.45, 7) is 15.3. The van der Waals surface area contributed by atoms with Crippen LogP contribution in [0.25, 0.3) is 0 Å². The summed E-state index contributed by atoms with van der Waals surface area (Å²) >= 11 is 3.46. The van der Waals surface area contributed by atoms with Crippen molar-refractivity contribution in [3.8, 4) is 5.75 Å². The molecule has 2 aliphatic heterocycles. The largest absolute Gasteiger partial charge is 0.513 e. The molecule has 10 nitrogen and oxygen atoms in total. The molecule has 266 valence electrons. The molecule has 0 aliphatic carbocycles. The highest BCUT2D eigenvalue weighted by atomic mass is 79.9. The number of halogens is 1. The van der Waals surface area contributed by atoms with E-state index in [-0.39, 0.29) is 53.7 Å². The van der Waals surface area contributed by atoms with E-state index >= 15 is 0 Å². The molecule has 0 unspecified atom stereocenters. The lowest BCUT2D eigenvalue weighted by Gasteiger charge is -2.47. The first-order valence-electron chi connectivity index (χ1n) is 17.1. The minimum atomic E-state index is -1.26. The third-order valence-electron chi connectivity index (χ3n) is 11.0. The summed E-state index contributed by atoms with van der Waals surface area (Å²) in [5.74, 6) is -2.73. The molecule has 0 amide bonds. The summed E-state index contributed by atoms with van der Waals surface area (Å²) in [5.41, 5.74) is -0.670. The van der Waals surface area contributed by atoms with Crippen molar-refractivity contribution in [2.75, 3.05) is 7.11 Å². The average Bonchev–Trinajstić information content (AvgIpc) is 3.38. The Hall–Kier alpha value is -2.05. The number of methoxy groups -OCH3 is 1. The number of hydrogen-bond donors (Lipinski definition) is 3. The van der Waals surface area contributed by atoms with Crippen molar-refractivity contribution in [3.05, 3.63) is 27.2 Å². The number of hydrogen-bond acceptors (Lipinski definition) is 9. The van der Waals surface area contributed by atoms with Gasteiger partial charge in [0.2, 0.25) is 0 Å². The second-order valence-corrected chi connectivity index (χ2v) is 14.7. The third kappa shape index (κ3) is 8.23. The van der Waals surface area contributed by atoms with Crippen LogP contribution in [-0.2, 0) is 25.4 Å². The number of carbonyl (C=O) groups is 3. The molecule has 1 aromatic carbocycles. The zero-order valence-corrected chi connectivity index (χ0v) is 31.0. The minimum Gasteiger partial charge on any atom is -0.478 e. The van der Waals surface area contributed by atoms with Crippen LogP contribution in [0.2, 0.25) is 0 Å². The number of benzene rings is 1. The average molecular weight is 728 g/mol. The van der Waals surface area contributed by atoms with E-state index < -0.39 is 41.3 Å². The van der Waals surface area contributed by atoms with E-state index in [9.17, 15) is 29.7 Å². The van der Waals surface area contributed by atoms with Crippen molar-refractivity contribution in [1.82, 2.24) is 0 Å². The number of aryl methyl sites for hydroxylation is 1. The van der Waals surface area contributed by atoms with E-state index in [2.05, 4.69) is 34.5 Å². The van der Waals surface area contributed by atoms with Crippen LogP contribution in [0.4, 0.5) is 4.79 Å². The molecule has 1 aromatic rings. The maximum Gasteiger partial charge on any atom is 0.513 e. The Morgan fingerprint density at radius 3 is 2.34 bits per heavy atom. The van der Waals surface area contributed by atoms with Crippen LogP contribution in [-0.4, -0.2) is 76.0 Å². The highest BCUT2D eigenvalue weighted by Crippen LogP contribution is 2.48. The van der Waals surface area contributed by atoms with Crippen molar-refractivity contribution in [2.24, 2.45) is 23.7 Å². The molecule has 0 radical (unpaired) electrons. The maximum absolute atomic E-state index is 14.0. The molecule has 10 atom stereocenters. The number of aromatic carboxylic acids is 1. The standard InChI is InChI=1S/C36H55BrO10/c1-10-24(31-21(6)18-36(12-3,47-31)27-15-16-35(43,11-2)23(8)45-27)30(39)22(7)29(38)19(4)13-14-25-26(37)17-20(5)32(28(25)33(40)41)46-34(42)44-9/h17,19,21-24,27,29,31,38,43H,10-16,18H2,1-9H3,(H,40,41)/t19-,21+,22+,23+,24+,27-,29+,31+,35-,36+/m1/s1. The van der Waals surface area contributed by atoms with Crippen molar-refractivity contribution < 1.29 is 48.7 Å². The Labute approximate surface area is 288 Å². The first-order valence-corrected chi connectivity index (χ1v) is 17.9. The van der Waals surface area contributed by atoms with E-state index in [0.717, 1.165) is 20.0 Å². The summed E-state index contributed by atoms with van der Waals surface area (Å²) in [5, 5.41) is 32.4. The molecule has 0 saturated carbocycles. The SMILES string of the molecule is CC[C@@H](C(=O)[C@@H](C)[C@@H](O)[C@H](C)CCc1c(Br)cc(C)c(OC(=O)OC)c1C(=O)O)[C@H]1O[C@](CC)([C@H]2CC[C@](O)(CC)[C@H](C)O2)C[C@@H]1C. The molecule has 3 rings (SSSR count). The highest BCUT2D eigenvalue weighted by molar-refractivity contribution is 9.10. The van der Waals surface area contributed by atoms with Gasteiger partial charge in [0.25, 0.3) is 0 Å². The lowest BCUT2D eigenvalue weighted by Crippen LogP contribution is -2.55. The van der Waals surface area contributed by atoms with E-state index in [0.29, 0.717) is 47.7 Å². The van der Waals surface area contributed by atoms with Gasteiger partial charge in [0.05, 0.1) is 42.7 Å². The predicted octanol–water partition coefficient (Wildman–Crippen LogP) is 7.04. The third-order valence-corrected chi connectivity index (χ3v) is 11.7. The maximum atomic E-state index is 14.0. The number of carbonyl (C=O) groups excluding carboxylic acids is 2. The van der Waals surface area contributed by atoms with Gasteiger partial charge in [0, 0.05) is 16.3 Å². The molecule has 0 spiro atoms. The van der Waals surface area contributed by atoms with E-state index in [4.69, 9.17) is 14.2 Å². The van der Waals surface area contributed by atoms with Crippen LogP contribution in [0.5, 0.6) is 5.75 Å². The molecule has 47 heavy (non-hydrogen) atoms. The quantitative estimate of drug-likeness (QED) is 0.135. The van der Waals surface area contributed by atoms with Gasteiger partial charge in [0.15, 0.2) is 5.75 Å². The van der Waals surface area contributed by atoms with Gasteiger partial charge < -0.3 is 34.3 Å². The zero-order valence-electron chi connectivity index (χ0n) is 29.4. The smallest absolute Gasteiger partial charge is 0.478 e. The fourth-order valence-corrected chi connectivity index (χ4v) is 8.51.